The second kappa shape index (κ2) is 9.08. The fraction of sp³-hybridized carbons (Fsp3) is 0.520. The van der Waals surface area contributed by atoms with Gasteiger partial charge in [0.05, 0.1) is 12.2 Å². The minimum Gasteiger partial charge on any atom is -0.381 e. The number of nitrogens with zero attached hydrogens (tertiary/aromatic N) is 4. The summed E-state index contributed by atoms with van der Waals surface area (Å²) < 4.78 is 5.53. The summed E-state index contributed by atoms with van der Waals surface area (Å²) in [7, 11) is 4.03. The van der Waals surface area contributed by atoms with Crippen molar-refractivity contribution in [2.45, 2.75) is 37.6 Å². The first kappa shape index (κ1) is 21.2. The lowest BCUT2D eigenvalue weighted by Gasteiger charge is -2.40. The maximum absolute atomic E-state index is 12.6. The summed E-state index contributed by atoms with van der Waals surface area (Å²) in [6, 6.07) is 13.1. The van der Waals surface area contributed by atoms with Crippen molar-refractivity contribution in [3.63, 3.8) is 0 Å². The van der Waals surface area contributed by atoms with E-state index in [-0.39, 0.29) is 11.9 Å². The second-order valence-corrected chi connectivity index (χ2v) is 9.29. The molecule has 0 spiro atoms. The molecule has 1 amide bonds. The van der Waals surface area contributed by atoms with Crippen molar-refractivity contribution < 1.29 is 9.53 Å². The highest BCUT2D eigenvalue weighted by Crippen LogP contribution is 2.36. The van der Waals surface area contributed by atoms with Crippen LogP contribution in [-0.2, 0) is 9.53 Å². The van der Waals surface area contributed by atoms with E-state index in [1.165, 1.54) is 31.5 Å². The molecule has 7 heteroatoms. The molecule has 7 nitrogen and oxygen atoms in total. The summed E-state index contributed by atoms with van der Waals surface area (Å²) >= 11 is 0. The molecule has 1 aromatic carbocycles. The van der Waals surface area contributed by atoms with Crippen LogP contribution >= 0.6 is 0 Å². The minimum absolute atomic E-state index is 0.107. The Morgan fingerprint density at radius 1 is 0.969 bits per heavy atom. The van der Waals surface area contributed by atoms with Crippen molar-refractivity contribution in [1.82, 2.24) is 9.88 Å². The lowest BCUT2D eigenvalue weighted by molar-refractivity contribution is -0.117. The van der Waals surface area contributed by atoms with Crippen LogP contribution in [0.15, 0.2) is 36.4 Å². The third kappa shape index (κ3) is 4.32. The fourth-order valence-corrected chi connectivity index (χ4v) is 5.07. The first-order valence-electron chi connectivity index (χ1n) is 11.8. The van der Waals surface area contributed by atoms with Crippen LogP contribution in [0.4, 0.5) is 23.0 Å². The third-order valence-electron chi connectivity index (χ3n) is 7.17. The zero-order valence-corrected chi connectivity index (χ0v) is 19.1. The lowest BCUT2D eigenvalue weighted by Crippen LogP contribution is -2.50. The number of likely N-dealkylation sites (tertiary alicyclic amines) is 1. The van der Waals surface area contributed by atoms with E-state index >= 15 is 0 Å². The van der Waals surface area contributed by atoms with Crippen LogP contribution in [-0.4, -0.2) is 68.8 Å². The molecule has 5 rings (SSSR count). The number of pyridine rings is 1. The quantitative estimate of drug-likeness (QED) is 0.792. The van der Waals surface area contributed by atoms with Crippen LogP contribution in [0.3, 0.4) is 0 Å². The highest BCUT2D eigenvalue weighted by Gasteiger charge is 2.33. The summed E-state index contributed by atoms with van der Waals surface area (Å²) in [4.78, 5) is 23.8. The Bertz CT molecular complexity index is 949. The van der Waals surface area contributed by atoms with Gasteiger partial charge < -0.3 is 24.8 Å². The molecular weight excluding hydrogens is 402 g/mol. The van der Waals surface area contributed by atoms with Crippen molar-refractivity contribution in [3.05, 3.63) is 42.0 Å². The van der Waals surface area contributed by atoms with Gasteiger partial charge in [-0.3, -0.25) is 4.79 Å². The van der Waals surface area contributed by atoms with Crippen LogP contribution in [0, 0.1) is 0 Å². The van der Waals surface area contributed by atoms with Gasteiger partial charge in [-0.1, -0.05) is 12.1 Å². The first-order valence-corrected chi connectivity index (χ1v) is 11.8. The van der Waals surface area contributed by atoms with E-state index in [0.29, 0.717) is 12.5 Å². The zero-order chi connectivity index (χ0) is 22.1. The van der Waals surface area contributed by atoms with Gasteiger partial charge in [0, 0.05) is 32.0 Å². The van der Waals surface area contributed by atoms with E-state index in [4.69, 9.17) is 9.72 Å². The highest BCUT2D eigenvalue weighted by atomic mass is 16.5. The molecule has 1 N–H and O–H groups in total. The van der Waals surface area contributed by atoms with E-state index in [0.717, 1.165) is 49.1 Å². The number of benzene rings is 1. The minimum atomic E-state index is 0.107. The monoisotopic (exact) mass is 435 g/mol. The van der Waals surface area contributed by atoms with Crippen molar-refractivity contribution in [2.24, 2.45) is 0 Å². The Balaban J connectivity index is 1.34. The van der Waals surface area contributed by atoms with Gasteiger partial charge in [-0.15, -0.1) is 0 Å². The number of nitrogens with one attached hydrogen (secondary N) is 1. The van der Waals surface area contributed by atoms with Gasteiger partial charge in [0.25, 0.3) is 0 Å². The van der Waals surface area contributed by atoms with E-state index in [1.807, 2.05) is 19.2 Å². The molecule has 1 aromatic heterocycles. The number of ether oxygens (including phenoxy) is 1. The number of hydrogen-bond acceptors (Lipinski definition) is 6. The van der Waals surface area contributed by atoms with Gasteiger partial charge >= 0.3 is 0 Å². The summed E-state index contributed by atoms with van der Waals surface area (Å²) in [5.41, 5.74) is 3.33. The number of likely N-dealkylation sites (N-methyl/N-ethyl adjacent to an activating group) is 1. The maximum Gasteiger partial charge on any atom is 0.246 e. The molecular formula is C25H33N5O2. The Hall–Kier alpha value is -2.64. The number of anilines is 4. The molecule has 0 unspecified atom stereocenters. The van der Waals surface area contributed by atoms with Crippen LogP contribution in [0.5, 0.6) is 0 Å². The summed E-state index contributed by atoms with van der Waals surface area (Å²) in [6.45, 7) is 4.19. The average molecular weight is 436 g/mol. The molecule has 0 bridgehead atoms. The molecule has 3 aliphatic rings. The topological polar surface area (TPSA) is 60.9 Å². The summed E-state index contributed by atoms with van der Waals surface area (Å²) in [6.07, 6.45) is 4.30. The molecule has 2 aromatic rings. The largest absolute Gasteiger partial charge is 0.381 e. The Morgan fingerprint density at radius 2 is 1.69 bits per heavy atom. The molecule has 0 saturated carbocycles. The standard InChI is InChI=1S/C25H33N5O2/c1-28-13-9-19(10-14-28)18-3-5-20(6-4-18)26-23-8-7-22-25(27-23)30(17-24(31)29(22)2)21-11-15-32-16-12-21/h3-8,19,21H,9-17H2,1-2H3,(H,26,27). The van der Waals surface area contributed by atoms with E-state index in [1.54, 1.807) is 4.90 Å². The van der Waals surface area contributed by atoms with Crippen LogP contribution in [0.1, 0.15) is 37.2 Å². The molecule has 2 saturated heterocycles. The predicted molar refractivity (Wildman–Crippen MR) is 128 cm³/mol. The third-order valence-corrected chi connectivity index (χ3v) is 7.17. The molecule has 0 aliphatic carbocycles. The summed E-state index contributed by atoms with van der Waals surface area (Å²) in [5, 5.41) is 3.47. The normalized spacial score (nSPS) is 21.0. The molecule has 0 radical (unpaired) electrons. The van der Waals surface area contributed by atoms with Crippen LogP contribution in [0.2, 0.25) is 0 Å². The molecule has 0 atom stereocenters. The summed E-state index contributed by atoms with van der Waals surface area (Å²) in [5.74, 6) is 2.45. The van der Waals surface area contributed by atoms with Gasteiger partial charge in [-0.05, 0) is 81.6 Å². The van der Waals surface area contributed by atoms with Crippen LogP contribution in [0.25, 0.3) is 0 Å². The molecule has 4 heterocycles. The number of carbonyl (C=O) groups excluding carboxylic acids is 1. The Morgan fingerprint density at radius 3 is 2.41 bits per heavy atom. The van der Waals surface area contributed by atoms with Crippen molar-refractivity contribution in [3.8, 4) is 0 Å². The molecule has 2 fully saturated rings. The number of hydrogen-bond donors (Lipinski definition) is 1. The number of piperidine rings is 1. The van der Waals surface area contributed by atoms with Gasteiger partial charge in [0.1, 0.15) is 5.82 Å². The Labute approximate surface area is 190 Å². The van der Waals surface area contributed by atoms with Crippen molar-refractivity contribution >= 4 is 28.9 Å². The predicted octanol–water partition coefficient (Wildman–Crippen LogP) is 3.60. The molecule has 170 valence electrons. The van der Waals surface area contributed by atoms with E-state index in [9.17, 15) is 4.79 Å². The van der Waals surface area contributed by atoms with Gasteiger partial charge in [0.2, 0.25) is 5.91 Å². The molecule has 3 aliphatic heterocycles. The Kier molecular flexibility index (Phi) is 6.02. The number of rotatable bonds is 4. The van der Waals surface area contributed by atoms with Gasteiger partial charge in [0.15, 0.2) is 5.82 Å². The van der Waals surface area contributed by atoms with Gasteiger partial charge in [-0.25, -0.2) is 4.98 Å². The van der Waals surface area contributed by atoms with Gasteiger partial charge in [-0.2, -0.15) is 0 Å². The number of carbonyl (C=O) groups is 1. The van der Waals surface area contributed by atoms with E-state index < -0.39 is 0 Å². The van der Waals surface area contributed by atoms with E-state index in [2.05, 4.69) is 46.4 Å². The van der Waals surface area contributed by atoms with Crippen LogP contribution < -0.4 is 15.1 Å². The zero-order valence-electron chi connectivity index (χ0n) is 19.1. The lowest BCUT2D eigenvalue weighted by atomic mass is 9.89. The maximum atomic E-state index is 12.6. The SMILES string of the molecule is CN1CCC(c2ccc(Nc3ccc4c(n3)N(C3CCOCC3)CC(=O)N4C)cc2)CC1. The first-order chi connectivity index (χ1) is 15.6. The number of fused-ring (bicyclic) bond motifs is 1. The number of amides is 1. The molecule has 32 heavy (non-hydrogen) atoms. The fourth-order valence-electron chi connectivity index (χ4n) is 5.07. The number of aromatic nitrogens is 1. The average Bonchev–Trinajstić information content (AvgIpc) is 2.83. The van der Waals surface area contributed by atoms with Crippen molar-refractivity contribution in [1.29, 1.82) is 0 Å². The van der Waals surface area contributed by atoms with Crippen molar-refractivity contribution in [2.75, 3.05) is 62.1 Å². The smallest absolute Gasteiger partial charge is 0.246 e. The highest BCUT2D eigenvalue weighted by molar-refractivity contribution is 6.02. The second-order valence-electron chi connectivity index (χ2n) is 9.29.